The monoisotopic (exact) mass is 395 g/mol. The lowest BCUT2D eigenvalue weighted by molar-refractivity contribution is -0.114. The zero-order chi connectivity index (χ0) is 19.5. The molecule has 6 nitrogen and oxygen atoms in total. The third-order valence-electron chi connectivity index (χ3n) is 3.81. The molecule has 0 spiro atoms. The lowest BCUT2D eigenvalue weighted by Gasteiger charge is -2.28. The van der Waals surface area contributed by atoms with Crippen molar-refractivity contribution in [2.24, 2.45) is 0 Å². The predicted molar refractivity (Wildman–Crippen MR) is 106 cm³/mol. The Morgan fingerprint density at radius 2 is 1.77 bits per heavy atom. The van der Waals surface area contributed by atoms with Crippen LogP contribution >= 0.6 is 11.6 Å². The van der Waals surface area contributed by atoms with Crippen molar-refractivity contribution in [2.45, 2.75) is 13.8 Å². The number of rotatable bonds is 6. The van der Waals surface area contributed by atoms with Gasteiger partial charge >= 0.3 is 10.2 Å². The summed E-state index contributed by atoms with van der Waals surface area (Å²) < 4.78 is 27.8. The molecule has 0 radical (unpaired) electrons. The Balaban J connectivity index is 2.38. The number of carbonyl (C=O) groups excluding carboxylic acids is 1. The topological polar surface area (TPSA) is 69.7 Å². The first kappa shape index (κ1) is 20.2. The van der Waals surface area contributed by atoms with Gasteiger partial charge < -0.3 is 5.32 Å². The highest BCUT2D eigenvalue weighted by Crippen LogP contribution is 2.26. The van der Waals surface area contributed by atoms with Crippen molar-refractivity contribution in [3.8, 4) is 0 Å². The molecule has 8 heteroatoms. The van der Waals surface area contributed by atoms with E-state index < -0.39 is 16.1 Å². The van der Waals surface area contributed by atoms with Gasteiger partial charge in [-0.3, -0.25) is 4.79 Å². The van der Waals surface area contributed by atoms with Gasteiger partial charge in [0.15, 0.2) is 0 Å². The number of carbonyl (C=O) groups is 1. The zero-order valence-corrected chi connectivity index (χ0v) is 16.7. The van der Waals surface area contributed by atoms with Crippen LogP contribution in [0, 0.1) is 13.8 Å². The van der Waals surface area contributed by atoms with Gasteiger partial charge in [-0.1, -0.05) is 35.9 Å². The number of hydrogen-bond donors (Lipinski definition) is 1. The van der Waals surface area contributed by atoms with Crippen molar-refractivity contribution in [3.05, 3.63) is 58.6 Å². The molecule has 2 aromatic carbocycles. The molecule has 0 saturated carbocycles. The second kappa shape index (κ2) is 8.07. The van der Waals surface area contributed by atoms with Gasteiger partial charge in [0.1, 0.15) is 6.54 Å². The van der Waals surface area contributed by atoms with E-state index in [-0.39, 0.29) is 6.54 Å². The number of para-hydroxylation sites is 1. The van der Waals surface area contributed by atoms with Crippen molar-refractivity contribution in [3.63, 3.8) is 0 Å². The van der Waals surface area contributed by atoms with E-state index in [9.17, 15) is 13.2 Å². The van der Waals surface area contributed by atoms with E-state index in [0.29, 0.717) is 16.4 Å². The molecule has 0 aliphatic rings. The molecule has 1 N–H and O–H groups in total. The maximum absolute atomic E-state index is 12.8. The van der Waals surface area contributed by atoms with Crippen molar-refractivity contribution < 1.29 is 13.2 Å². The molecular formula is C18H22ClN3O3S. The molecule has 0 aliphatic heterocycles. The minimum absolute atomic E-state index is 0.365. The van der Waals surface area contributed by atoms with Crippen molar-refractivity contribution >= 4 is 39.1 Å². The molecule has 1 amide bonds. The van der Waals surface area contributed by atoms with Gasteiger partial charge in [0.05, 0.1) is 16.4 Å². The van der Waals surface area contributed by atoms with Crippen LogP contribution < -0.4 is 9.62 Å². The Labute approximate surface area is 159 Å². The summed E-state index contributed by atoms with van der Waals surface area (Å²) in [4.78, 5) is 12.5. The highest BCUT2D eigenvalue weighted by Gasteiger charge is 2.28. The number of aryl methyl sites for hydroxylation is 2. The molecule has 0 bridgehead atoms. The first-order valence-electron chi connectivity index (χ1n) is 7.94. The predicted octanol–water partition coefficient (Wildman–Crippen LogP) is 3.21. The molecule has 0 aromatic heterocycles. The number of amides is 1. The van der Waals surface area contributed by atoms with Crippen molar-refractivity contribution in [1.29, 1.82) is 0 Å². The highest BCUT2D eigenvalue weighted by atomic mass is 35.5. The van der Waals surface area contributed by atoms with Crippen molar-refractivity contribution in [2.75, 3.05) is 30.3 Å². The first-order chi connectivity index (χ1) is 12.1. The van der Waals surface area contributed by atoms with E-state index in [0.717, 1.165) is 19.7 Å². The van der Waals surface area contributed by atoms with E-state index in [4.69, 9.17) is 11.6 Å². The minimum atomic E-state index is -3.86. The van der Waals surface area contributed by atoms with Gasteiger partial charge in [0.25, 0.3) is 0 Å². The number of anilines is 2. The molecule has 0 fully saturated rings. The molecule has 0 heterocycles. The zero-order valence-electron chi connectivity index (χ0n) is 15.2. The standard InChI is InChI=1S/C18H22ClN3O3S/c1-13-9-10-14(2)17(11-13)22(26(24,25)21(3)4)12-18(23)20-16-8-6-5-7-15(16)19/h5-11H,12H2,1-4H3,(H,20,23). The molecule has 0 saturated heterocycles. The van der Waals surface area contributed by atoms with E-state index in [1.165, 1.54) is 14.1 Å². The Bertz CT molecular complexity index is 914. The molecule has 0 unspecified atom stereocenters. The summed E-state index contributed by atoms with van der Waals surface area (Å²) in [5.41, 5.74) is 2.55. The summed E-state index contributed by atoms with van der Waals surface area (Å²) in [5.74, 6) is -0.482. The van der Waals surface area contributed by atoms with Gasteiger partial charge in [0.2, 0.25) is 5.91 Å². The van der Waals surface area contributed by atoms with Crippen molar-refractivity contribution in [1.82, 2.24) is 4.31 Å². The summed E-state index contributed by atoms with van der Waals surface area (Å²) in [6.07, 6.45) is 0. The van der Waals surface area contributed by atoms with Crippen LogP contribution in [0.5, 0.6) is 0 Å². The van der Waals surface area contributed by atoms with Crippen LogP contribution in [0.1, 0.15) is 11.1 Å². The second-order valence-electron chi connectivity index (χ2n) is 6.11. The number of nitrogens with zero attached hydrogens (tertiary/aromatic N) is 2. The van der Waals surface area contributed by atoms with Crippen LogP contribution in [-0.2, 0) is 15.0 Å². The van der Waals surface area contributed by atoms with Gasteiger partial charge in [-0.05, 0) is 43.2 Å². The average Bonchev–Trinajstić information content (AvgIpc) is 2.57. The Kier molecular flexibility index (Phi) is 6.28. The van der Waals surface area contributed by atoms with E-state index in [1.807, 2.05) is 19.1 Å². The fourth-order valence-corrected chi connectivity index (χ4v) is 3.66. The lowest BCUT2D eigenvalue weighted by atomic mass is 10.1. The van der Waals surface area contributed by atoms with Gasteiger partial charge in [-0.15, -0.1) is 0 Å². The van der Waals surface area contributed by atoms with Crippen LogP contribution in [0.25, 0.3) is 0 Å². The van der Waals surface area contributed by atoms with Crippen LogP contribution in [0.4, 0.5) is 11.4 Å². The average molecular weight is 396 g/mol. The molecule has 140 valence electrons. The summed E-state index contributed by atoms with van der Waals surface area (Å²) in [6, 6.07) is 12.3. The second-order valence-corrected chi connectivity index (χ2v) is 8.59. The molecule has 26 heavy (non-hydrogen) atoms. The van der Waals surface area contributed by atoms with Gasteiger partial charge in [-0.25, -0.2) is 4.31 Å². The van der Waals surface area contributed by atoms with Crippen LogP contribution in [-0.4, -0.2) is 39.3 Å². The Morgan fingerprint density at radius 3 is 2.38 bits per heavy atom. The highest BCUT2D eigenvalue weighted by molar-refractivity contribution is 7.90. The maximum atomic E-state index is 12.8. The fraction of sp³-hybridized carbons (Fsp3) is 0.278. The number of benzene rings is 2. The molecule has 2 rings (SSSR count). The van der Waals surface area contributed by atoms with Gasteiger partial charge in [0, 0.05) is 14.1 Å². The molecule has 2 aromatic rings. The van der Waals surface area contributed by atoms with E-state index >= 15 is 0 Å². The third kappa shape index (κ3) is 4.55. The van der Waals surface area contributed by atoms with E-state index in [2.05, 4.69) is 5.32 Å². The fourth-order valence-electron chi connectivity index (χ4n) is 2.36. The Hall–Kier alpha value is -2.09. The quantitative estimate of drug-likeness (QED) is 0.816. The summed E-state index contributed by atoms with van der Waals surface area (Å²) in [7, 11) is -0.996. The van der Waals surface area contributed by atoms with Crippen LogP contribution in [0.15, 0.2) is 42.5 Å². The normalized spacial score (nSPS) is 11.5. The van der Waals surface area contributed by atoms with Crippen LogP contribution in [0.3, 0.4) is 0 Å². The van der Waals surface area contributed by atoms with Gasteiger partial charge in [-0.2, -0.15) is 12.7 Å². The molecule has 0 aliphatic carbocycles. The summed E-state index contributed by atoms with van der Waals surface area (Å²) >= 11 is 6.05. The maximum Gasteiger partial charge on any atom is 0.304 e. The number of nitrogens with one attached hydrogen (secondary N) is 1. The largest absolute Gasteiger partial charge is 0.323 e. The lowest BCUT2D eigenvalue weighted by Crippen LogP contribution is -2.44. The Morgan fingerprint density at radius 1 is 1.12 bits per heavy atom. The third-order valence-corrected chi connectivity index (χ3v) is 5.94. The molecular weight excluding hydrogens is 374 g/mol. The SMILES string of the molecule is Cc1ccc(C)c(N(CC(=O)Nc2ccccc2Cl)S(=O)(=O)N(C)C)c1. The smallest absolute Gasteiger partial charge is 0.304 e. The summed E-state index contributed by atoms with van der Waals surface area (Å²) in [5, 5.41) is 3.04. The summed E-state index contributed by atoms with van der Waals surface area (Å²) in [6.45, 7) is 3.31. The minimum Gasteiger partial charge on any atom is -0.323 e. The van der Waals surface area contributed by atoms with E-state index in [1.54, 1.807) is 37.3 Å². The number of halogens is 1. The first-order valence-corrected chi connectivity index (χ1v) is 9.72. The molecule has 0 atom stereocenters. The number of hydrogen-bond acceptors (Lipinski definition) is 3. The van der Waals surface area contributed by atoms with Crippen LogP contribution in [0.2, 0.25) is 5.02 Å².